The zero-order valence-corrected chi connectivity index (χ0v) is 12.4. The van der Waals surface area contributed by atoms with Crippen molar-refractivity contribution < 1.29 is 22.8 Å². The summed E-state index contributed by atoms with van der Waals surface area (Å²) in [7, 11) is 0. The lowest BCUT2D eigenvalue weighted by molar-refractivity contribution is -0.384. The summed E-state index contributed by atoms with van der Waals surface area (Å²) in [5, 5.41) is 30.0. The maximum absolute atomic E-state index is 12.2. The van der Waals surface area contributed by atoms with Crippen molar-refractivity contribution in [2.75, 3.05) is 5.43 Å². The van der Waals surface area contributed by atoms with Crippen molar-refractivity contribution in [3.63, 3.8) is 0 Å². The van der Waals surface area contributed by atoms with E-state index >= 15 is 0 Å². The topological polar surface area (TPSA) is 150 Å². The van der Waals surface area contributed by atoms with Crippen molar-refractivity contribution in [1.29, 1.82) is 10.7 Å². The number of nitrogens with zero attached hydrogens (tertiary/aromatic N) is 3. The van der Waals surface area contributed by atoms with Crippen molar-refractivity contribution in [2.45, 2.75) is 6.36 Å². The monoisotopic (exact) mass is 394 g/mol. The van der Waals surface area contributed by atoms with Gasteiger partial charge in [-0.15, -0.1) is 13.2 Å². The lowest BCUT2D eigenvalue weighted by Gasteiger charge is -2.11. The second kappa shape index (κ2) is 6.92. The van der Waals surface area contributed by atoms with Crippen LogP contribution in [-0.4, -0.2) is 22.8 Å². The predicted molar refractivity (Wildman–Crippen MR) is 76.1 cm³/mol. The van der Waals surface area contributed by atoms with Crippen molar-refractivity contribution >= 4 is 38.9 Å². The van der Waals surface area contributed by atoms with Gasteiger partial charge in [-0.05, 0) is 22.0 Å². The third kappa shape index (κ3) is 5.11. The molecule has 0 aliphatic carbocycles. The van der Waals surface area contributed by atoms with Gasteiger partial charge in [0.05, 0.1) is 15.5 Å². The first-order valence-electron chi connectivity index (χ1n) is 5.37. The number of nitrogens with two attached hydrogens (primary N) is 1. The predicted octanol–water partition coefficient (Wildman–Crippen LogP) is 2.48. The fourth-order valence-corrected chi connectivity index (χ4v) is 1.79. The van der Waals surface area contributed by atoms with E-state index in [4.69, 9.17) is 16.4 Å². The van der Waals surface area contributed by atoms with Crippen LogP contribution in [0.5, 0.6) is 5.75 Å². The summed E-state index contributed by atoms with van der Waals surface area (Å²) in [5.41, 5.74) is 5.43. The molecule has 0 saturated carbocycles. The Kier molecular flexibility index (Phi) is 5.47. The highest BCUT2D eigenvalue weighted by molar-refractivity contribution is 9.10. The highest BCUT2D eigenvalue weighted by Crippen LogP contribution is 2.38. The summed E-state index contributed by atoms with van der Waals surface area (Å²) in [4.78, 5) is 9.99. The SMILES string of the molecule is N#C/C(=N\Nc1c(Br)cc(OC(F)(F)F)cc1[N+](=O)[O-])C(=N)N. The van der Waals surface area contributed by atoms with E-state index in [1.54, 1.807) is 0 Å². The Morgan fingerprint density at radius 2 is 2.17 bits per heavy atom. The Morgan fingerprint density at radius 1 is 1.57 bits per heavy atom. The van der Waals surface area contributed by atoms with Crippen LogP contribution in [0.1, 0.15) is 0 Å². The lowest BCUT2D eigenvalue weighted by Crippen LogP contribution is -2.22. The Labute approximate surface area is 134 Å². The molecule has 23 heavy (non-hydrogen) atoms. The molecule has 0 heterocycles. The van der Waals surface area contributed by atoms with Gasteiger partial charge in [0.2, 0.25) is 5.71 Å². The summed E-state index contributed by atoms with van der Waals surface area (Å²) in [5.74, 6) is -1.52. The van der Waals surface area contributed by atoms with Gasteiger partial charge in [-0.1, -0.05) is 0 Å². The fraction of sp³-hybridized carbons (Fsp3) is 0.100. The molecule has 0 saturated heterocycles. The van der Waals surface area contributed by atoms with Crippen LogP contribution in [0.2, 0.25) is 0 Å². The molecule has 0 unspecified atom stereocenters. The summed E-state index contributed by atoms with van der Waals surface area (Å²) in [6, 6.07) is 2.80. The van der Waals surface area contributed by atoms with Crippen molar-refractivity contribution in [3.8, 4) is 11.8 Å². The zero-order valence-electron chi connectivity index (χ0n) is 10.8. The van der Waals surface area contributed by atoms with E-state index in [0.29, 0.717) is 6.07 Å². The molecule has 0 amide bonds. The minimum absolute atomic E-state index is 0.185. The molecule has 0 aromatic heterocycles. The Bertz CT molecular complexity index is 728. The number of amidine groups is 1. The van der Waals surface area contributed by atoms with E-state index in [2.05, 4.69) is 31.2 Å². The van der Waals surface area contributed by atoms with Crippen LogP contribution < -0.4 is 15.9 Å². The quantitative estimate of drug-likeness (QED) is 0.302. The smallest absolute Gasteiger partial charge is 0.405 e. The van der Waals surface area contributed by atoms with Gasteiger partial charge < -0.3 is 10.5 Å². The normalized spacial score (nSPS) is 11.5. The number of hydrogen-bond acceptors (Lipinski definition) is 7. The number of nitro benzene ring substituents is 1. The van der Waals surface area contributed by atoms with E-state index < -0.39 is 34.3 Å². The fourth-order valence-electron chi connectivity index (χ4n) is 1.27. The molecule has 13 heteroatoms. The van der Waals surface area contributed by atoms with Gasteiger partial charge in [-0.2, -0.15) is 10.4 Å². The molecule has 1 rings (SSSR count). The Hall–Kier alpha value is -2.88. The molecule has 0 bridgehead atoms. The number of nitrogens with one attached hydrogen (secondary N) is 2. The van der Waals surface area contributed by atoms with Crippen molar-refractivity contribution in [2.24, 2.45) is 10.8 Å². The highest BCUT2D eigenvalue weighted by Gasteiger charge is 2.32. The highest BCUT2D eigenvalue weighted by atomic mass is 79.9. The van der Waals surface area contributed by atoms with Gasteiger partial charge in [0.15, 0.2) is 5.84 Å². The van der Waals surface area contributed by atoms with Crippen molar-refractivity contribution in [3.05, 3.63) is 26.7 Å². The lowest BCUT2D eigenvalue weighted by atomic mass is 10.2. The van der Waals surface area contributed by atoms with Crippen LogP contribution in [0.25, 0.3) is 0 Å². The van der Waals surface area contributed by atoms with Crippen LogP contribution in [0, 0.1) is 26.9 Å². The molecule has 0 radical (unpaired) electrons. The average molecular weight is 395 g/mol. The molecule has 0 aliphatic heterocycles. The van der Waals surface area contributed by atoms with Crippen LogP contribution >= 0.6 is 15.9 Å². The molecule has 1 aromatic carbocycles. The van der Waals surface area contributed by atoms with E-state index in [1.807, 2.05) is 0 Å². The number of hydrogen-bond donors (Lipinski definition) is 3. The summed E-state index contributed by atoms with van der Waals surface area (Å²) < 4.78 is 40.0. The number of rotatable bonds is 5. The maximum Gasteiger partial charge on any atom is 0.573 e. The molecule has 0 fully saturated rings. The number of nitriles is 1. The largest absolute Gasteiger partial charge is 0.573 e. The maximum atomic E-state index is 12.2. The third-order valence-corrected chi connectivity index (χ3v) is 2.74. The second-order valence-corrected chi connectivity index (χ2v) is 4.56. The molecule has 0 spiro atoms. The third-order valence-electron chi connectivity index (χ3n) is 2.11. The van der Waals surface area contributed by atoms with Gasteiger partial charge in [-0.3, -0.25) is 20.9 Å². The molecule has 1 aromatic rings. The van der Waals surface area contributed by atoms with Crippen LogP contribution in [0.4, 0.5) is 24.5 Å². The van der Waals surface area contributed by atoms with Crippen molar-refractivity contribution in [1.82, 2.24) is 0 Å². The summed E-state index contributed by atoms with van der Waals surface area (Å²) in [6.45, 7) is 0. The van der Waals surface area contributed by atoms with Gasteiger partial charge >= 0.3 is 6.36 Å². The van der Waals surface area contributed by atoms with E-state index in [0.717, 1.165) is 6.07 Å². The van der Waals surface area contributed by atoms with Gasteiger partial charge in [0.1, 0.15) is 17.5 Å². The molecule has 4 N–H and O–H groups in total. The molecule has 0 aliphatic rings. The minimum atomic E-state index is -5.02. The first-order chi connectivity index (χ1) is 10.5. The molecular formula is C10H6BrF3N6O3. The number of benzene rings is 1. The number of nitro groups is 1. The first kappa shape index (κ1) is 18.2. The molecule has 0 atom stereocenters. The minimum Gasteiger partial charge on any atom is -0.405 e. The Morgan fingerprint density at radius 3 is 2.61 bits per heavy atom. The number of ether oxygens (including phenoxy) is 1. The van der Waals surface area contributed by atoms with Crippen LogP contribution in [0.15, 0.2) is 21.7 Å². The first-order valence-corrected chi connectivity index (χ1v) is 6.16. The van der Waals surface area contributed by atoms with Gasteiger partial charge in [0, 0.05) is 0 Å². The number of halogens is 4. The van der Waals surface area contributed by atoms with E-state index in [-0.39, 0.29) is 10.2 Å². The average Bonchev–Trinajstić information content (AvgIpc) is 2.38. The second-order valence-electron chi connectivity index (χ2n) is 3.70. The van der Waals surface area contributed by atoms with Crippen LogP contribution in [0.3, 0.4) is 0 Å². The molecule has 122 valence electrons. The van der Waals surface area contributed by atoms with E-state index in [1.165, 1.54) is 6.07 Å². The van der Waals surface area contributed by atoms with E-state index in [9.17, 15) is 23.3 Å². The standard InChI is InChI=1S/C10H6BrF3N6O3/c11-5-1-4(23-10(12,13)14)2-7(20(21)22)8(5)19-18-6(3-15)9(16)17/h1-2,19H,(H3,16,17)/b18-6+. The van der Waals surface area contributed by atoms with Gasteiger partial charge in [-0.25, -0.2) is 0 Å². The molecule has 9 nitrogen and oxygen atoms in total. The summed E-state index contributed by atoms with van der Waals surface area (Å²) in [6.07, 6.45) is -5.02. The number of hydrazone groups is 1. The van der Waals surface area contributed by atoms with Crippen LogP contribution in [-0.2, 0) is 0 Å². The Balaban J connectivity index is 3.30. The zero-order chi connectivity index (χ0) is 17.8. The summed E-state index contributed by atoms with van der Waals surface area (Å²) >= 11 is 2.83. The number of anilines is 1. The van der Waals surface area contributed by atoms with Gasteiger partial charge in [0.25, 0.3) is 5.69 Å². The number of alkyl halides is 3. The molecular weight excluding hydrogens is 389 g/mol.